The first-order chi connectivity index (χ1) is 17.8. The van der Waals surface area contributed by atoms with Gasteiger partial charge < -0.3 is 32.8 Å². The van der Waals surface area contributed by atoms with E-state index in [2.05, 4.69) is 27.4 Å². The van der Waals surface area contributed by atoms with Gasteiger partial charge in [0, 0.05) is 0 Å². The molecular formula is C29H44O7Si. The standard InChI is InChI=1S/C29H44O7Si/c1-11-15-21-16-23(30-6)29(24(17-21)31-7)35-20(5)27(36-37(12-2,13-3)14-4)22-18-25(32-8)28(34-10)26(19-22)33-9/h11,16-20,27H,1,12-15H2,2-10H3. The second-order valence-electron chi connectivity index (χ2n) is 8.89. The van der Waals surface area contributed by atoms with Crippen molar-refractivity contribution >= 4 is 8.32 Å². The molecule has 0 N–H and O–H groups in total. The summed E-state index contributed by atoms with van der Waals surface area (Å²) in [7, 11) is 6.02. The predicted octanol–water partition coefficient (Wildman–Crippen LogP) is 6.99. The Hall–Kier alpha value is -2.84. The Bertz CT molecular complexity index is 961. The highest BCUT2D eigenvalue weighted by Crippen LogP contribution is 2.45. The van der Waals surface area contributed by atoms with Crippen LogP contribution in [-0.4, -0.2) is 50.0 Å². The molecule has 8 heteroatoms. The van der Waals surface area contributed by atoms with Gasteiger partial charge in [-0.15, -0.1) is 6.58 Å². The third-order valence-electron chi connectivity index (χ3n) is 6.96. The molecule has 0 aromatic heterocycles. The number of ether oxygens (including phenoxy) is 6. The van der Waals surface area contributed by atoms with E-state index in [0.29, 0.717) is 40.9 Å². The lowest BCUT2D eigenvalue weighted by Crippen LogP contribution is -2.41. The van der Waals surface area contributed by atoms with Crippen molar-refractivity contribution < 1.29 is 32.8 Å². The zero-order valence-corrected chi connectivity index (χ0v) is 24.9. The monoisotopic (exact) mass is 532 g/mol. The van der Waals surface area contributed by atoms with Crippen molar-refractivity contribution in [1.82, 2.24) is 0 Å². The molecule has 2 rings (SSSR count). The van der Waals surface area contributed by atoms with Crippen molar-refractivity contribution in [1.29, 1.82) is 0 Å². The van der Waals surface area contributed by atoms with E-state index in [1.165, 1.54) is 0 Å². The summed E-state index contributed by atoms with van der Waals surface area (Å²) < 4.78 is 41.9. The van der Waals surface area contributed by atoms with Crippen molar-refractivity contribution in [3.8, 4) is 34.5 Å². The van der Waals surface area contributed by atoms with Gasteiger partial charge in [0.1, 0.15) is 12.2 Å². The number of benzene rings is 2. The SMILES string of the molecule is C=CCc1cc(OC)c(OC(C)C(O[Si](CC)(CC)CC)c2cc(OC)c(OC)c(OC)c2)c(OC)c1. The third-order valence-corrected chi connectivity index (χ3v) is 11.6. The second kappa shape index (κ2) is 14.2. The predicted molar refractivity (Wildman–Crippen MR) is 151 cm³/mol. The summed E-state index contributed by atoms with van der Waals surface area (Å²) in [6.07, 6.45) is 1.74. The molecule has 0 saturated heterocycles. The van der Waals surface area contributed by atoms with Crippen LogP contribution in [0.15, 0.2) is 36.9 Å². The Balaban J connectivity index is 2.65. The highest BCUT2D eigenvalue weighted by molar-refractivity contribution is 6.73. The first-order valence-corrected chi connectivity index (χ1v) is 15.3. The molecule has 2 aromatic carbocycles. The lowest BCUT2D eigenvalue weighted by molar-refractivity contribution is 0.0528. The topological polar surface area (TPSA) is 64.6 Å². The quantitative estimate of drug-likeness (QED) is 0.171. The van der Waals surface area contributed by atoms with Gasteiger partial charge in [0.2, 0.25) is 11.5 Å². The summed E-state index contributed by atoms with van der Waals surface area (Å²) in [5, 5.41) is 0. The summed E-state index contributed by atoms with van der Waals surface area (Å²) in [6, 6.07) is 10.8. The molecule has 0 bridgehead atoms. The lowest BCUT2D eigenvalue weighted by Gasteiger charge is -2.36. The molecule has 2 aromatic rings. The van der Waals surface area contributed by atoms with Crippen LogP contribution in [0, 0.1) is 0 Å². The average molecular weight is 533 g/mol. The van der Waals surface area contributed by atoms with E-state index in [4.69, 9.17) is 32.8 Å². The van der Waals surface area contributed by atoms with Crippen LogP contribution in [0.3, 0.4) is 0 Å². The maximum absolute atomic E-state index is 7.05. The Kier molecular flexibility index (Phi) is 11.7. The summed E-state index contributed by atoms with van der Waals surface area (Å²) in [5.74, 6) is 3.39. The first kappa shape index (κ1) is 30.4. The maximum Gasteiger partial charge on any atom is 0.203 e. The average Bonchev–Trinajstić information content (AvgIpc) is 2.93. The first-order valence-electron chi connectivity index (χ1n) is 12.8. The van der Waals surface area contributed by atoms with Gasteiger partial charge in [-0.2, -0.15) is 0 Å². The minimum Gasteiger partial charge on any atom is -0.493 e. The largest absolute Gasteiger partial charge is 0.493 e. The molecule has 0 aliphatic carbocycles. The fraction of sp³-hybridized carbons (Fsp3) is 0.517. The molecule has 0 aliphatic heterocycles. The summed E-state index contributed by atoms with van der Waals surface area (Å²) in [6.45, 7) is 12.5. The van der Waals surface area contributed by atoms with Crippen LogP contribution in [0.4, 0.5) is 0 Å². The maximum atomic E-state index is 7.05. The second-order valence-corrected chi connectivity index (χ2v) is 13.6. The molecule has 0 spiro atoms. The van der Waals surface area contributed by atoms with Crippen LogP contribution < -0.4 is 28.4 Å². The van der Waals surface area contributed by atoms with Gasteiger partial charge in [0.05, 0.1) is 35.5 Å². The fourth-order valence-electron chi connectivity index (χ4n) is 4.55. The van der Waals surface area contributed by atoms with Crippen molar-refractivity contribution in [2.24, 2.45) is 0 Å². The zero-order chi connectivity index (χ0) is 27.6. The minimum absolute atomic E-state index is 0.396. The highest BCUT2D eigenvalue weighted by atomic mass is 28.4. The van der Waals surface area contributed by atoms with Crippen LogP contribution in [0.25, 0.3) is 0 Å². The number of methoxy groups -OCH3 is 5. The van der Waals surface area contributed by atoms with E-state index < -0.39 is 20.5 Å². The van der Waals surface area contributed by atoms with Gasteiger partial charge in [0.15, 0.2) is 31.3 Å². The van der Waals surface area contributed by atoms with Crippen molar-refractivity contribution in [3.05, 3.63) is 48.0 Å². The summed E-state index contributed by atoms with van der Waals surface area (Å²) >= 11 is 0. The van der Waals surface area contributed by atoms with Gasteiger partial charge in [0.25, 0.3) is 0 Å². The van der Waals surface area contributed by atoms with Crippen LogP contribution >= 0.6 is 0 Å². The van der Waals surface area contributed by atoms with Gasteiger partial charge in [-0.05, 0) is 66.9 Å². The van der Waals surface area contributed by atoms with Crippen LogP contribution in [-0.2, 0) is 10.8 Å². The van der Waals surface area contributed by atoms with Crippen LogP contribution in [0.1, 0.15) is 44.9 Å². The number of hydrogen-bond acceptors (Lipinski definition) is 7. The summed E-state index contributed by atoms with van der Waals surface area (Å²) in [4.78, 5) is 0. The molecule has 0 fully saturated rings. The smallest absolute Gasteiger partial charge is 0.203 e. The molecule has 37 heavy (non-hydrogen) atoms. The fourth-order valence-corrected chi connectivity index (χ4v) is 7.42. The van der Waals surface area contributed by atoms with E-state index in [1.54, 1.807) is 35.5 Å². The highest BCUT2D eigenvalue weighted by Gasteiger charge is 2.37. The third kappa shape index (κ3) is 6.93. The molecule has 2 atom stereocenters. The van der Waals surface area contributed by atoms with Gasteiger partial charge in [-0.3, -0.25) is 0 Å². The molecule has 0 saturated carbocycles. The molecule has 206 valence electrons. The molecule has 2 unspecified atom stereocenters. The molecule has 0 aliphatic rings. The van der Waals surface area contributed by atoms with Crippen molar-refractivity contribution in [3.63, 3.8) is 0 Å². The normalized spacial score (nSPS) is 12.9. The van der Waals surface area contributed by atoms with Gasteiger partial charge >= 0.3 is 0 Å². The Morgan fingerprint density at radius 3 is 1.57 bits per heavy atom. The van der Waals surface area contributed by atoms with Crippen molar-refractivity contribution in [2.45, 2.75) is 64.5 Å². The Morgan fingerprint density at radius 2 is 1.19 bits per heavy atom. The van der Waals surface area contributed by atoms with E-state index in [1.807, 2.05) is 37.3 Å². The van der Waals surface area contributed by atoms with Crippen molar-refractivity contribution in [2.75, 3.05) is 35.5 Å². The van der Waals surface area contributed by atoms with E-state index >= 15 is 0 Å². The molecule has 0 radical (unpaired) electrons. The van der Waals surface area contributed by atoms with E-state index in [-0.39, 0.29) is 0 Å². The Morgan fingerprint density at radius 1 is 0.730 bits per heavy atom. The van der Waals surface area contributed by atoms with Crippen LogP contribution in [0.2, 0.25) is 18.1 Å². The molecule has 0 amide bonds. The van der Waals surface area contributed by atoms with E-state index in [9.17, 15) is 0 Å². The van der Waals surface area contributed by atoms with Crippen LogP contribution in [0.5, 0.6) is 34.5 Å². The number of hydrogen-bond donors (Lipinski definition) is 0. The number of allylic oxidation sites excluding steroid dienone is 1. The minimum atomic E-state index is -2.05. The number of rotatable bonds is 16. The Labute approximate surface area is 223 Å². The molecule has 7 nitrogen and oxygen atoms in total. The zero-order valence-electron chi connectivity index (χ0n) is 23.9. The van der Waals surface area contributed by atoms with Gasteiger partial charge in [-0.25, -0.2) is 0 Å². The summed E-state index contributed by atoms with van der Waals surface area (Å²) in [5.41, 5.74) is 1.91. The molecular weight excluding hydrogens is 488 g/mol. The molecule has 0 heterocycles. The van der Waals surface area contributed by atoms with Gasteiger partial charge in [-0.1, -0.05) is 26.8 Å². The van der Waals surface area contributed by atoms with E-state index in [0.717, 1.165) is 29.3 Å². The lowest BCUT2D eigenvalue weighted by atomic mass is 10.0.